The number of amides is 1. The number of halogens is 3. The van der Waals surface area contributed by atoms with E-state index in [0.29, 0.717) is 11.4 Å². The molecule has 0 spiro atoms. The van der Waals surface area contributed by atoms with E-state index in [-0.39, 0.29) is 12.3 Å². The lowest BCUT2D eigenvalue weighted by Crippen LogP contribution is -2.52. The molecule has 0 aliphatic carbocycles. The third-order valence-corrected chi connectivity index (χ3v) is 3.65. The standard InChI is InChI=1S/C16H20N4O3.C2HF3O2/c1-11(17)15(21)20(13-6-4-3-5-7-13)14(16(22)23-2)8-12-9-18-10-19-12;3-2(4,5)1(6)7/h3-7,9-11,14H,8,17H2,1-2H3,(H,18,19);(H,6,7)/t11-,14-;/m0./s1. The number of aromatic amines is 1. The predicted molar refractivity (Wildman–Crippen MR) is 99.4 cm³/mol. The van der Waals surface area contributed by atoms with E-state index in [0.717, 1.165) is 0 Å². The maximum Gasteiger partial charge on any atom is 0.490 e. The maximum atomic E-state index is 12.6. The quantitative estimate of drug-likeness (QED) is 0.591. The van der Waals surface area contributed by atoms with Crippen LogP contribution < -0.4 is 10.6 Å². The zero-order chi connectivity index (χ0) is 22.9. The van der Waals surface area contributed by atoms with E-state index in [1.165, 1.54) is 18.3 Å². The van der Waals surface area contributed by atoms with Gasteiger partial charge in [0, 0.05) is 18.3 Å². The Hall–Kier alpha value is -3.41. The molecule has 30 heavy (non-hydrogen) atoms. The van der Waals surface area contributed by atoms with E-state index < -0.39 is 30.2 Å². The van der Waals surface area contributed by atoms with Crippen LogP contribution >= 0.6 is 0 Å². The van der Waals surface area contributed by atoms with Crippen molar-refractivity contribution in [2.75, 3.05) is 12.0 Å². The number of nitrogens with one attached hydrogen (secondary N) is 1. The lowest BCUT2D eigenvalue weighted by atomic mass is 10.1. The third-order valence-electron chi connectivity index (χ3n) is 3.65. The molecule has 1 aromatic carbocycles. The number of carboxylic acid groups (broad SMARTS) is 1. The zero-order valence-electron chi connectivity index (χ0n) is 16.1. The summed E-state index contributed by atoms with van der Waals surface area (Å²) in [6, 6.07) is 7.32. The summed E-state index contributed by atoms with van der Waals surface area (Å²) >= 11 is 0. The van der Waals surface area contributed by atoms with Crippen molar-refractivity contribution >= 4 is 23.5 Å². The normalized spacial score (nSPS) is 12.7. The van der Waals surface area contributed by atoms with Gasteiger partial charge in [0.25, 0.3) is 0 Å². The summed E-state index contributed by atoms with van der Waals surface area (Å²) in [5, 5.41) is 7.12. The summed E-state index contributed by atoms with van der Waals surface area (Å²) in [7, 11) is 1.29. The van der Waals surface area contributed by atoms with Gasteiger partial charge >= 0.3 is 18.1 Å². The van der Waals surface area contributed by atoms with Crippen LogP contribution in [0.4, 0.5) is 18.9 Å². The molecule has 9 nitrogen and oxygen atoms in total. The van der Waals surface area contributed by atoms with Gasteiger partial charge in [-0.25, -0.2) is 14.6 Å². The van der Waals surface area contributed by atoms with Crippen molar-refractivity contribution < 1.29 is 37.4 Å². The predicted octanol–water partition coefficient (Wildman–Crippen LogP) is 1.51. The van der Waals surface area contributed by atoms with Gasteiger partial charge in [0.2, 0.25) is 5.91 Å². The number of hydrogen-bond acceptors (Lipinski definition) is 6. The molecule has 1 heterocycles. The topological polar surface area (TPSA) is 139 Å². The Kier molecular flexibility index (Phi) is 8.99. The van der Waals surface area contributed by atoms with Crippen LogP contribution in [0, 0.1) is 0 Å². The number of esters is 1. The zero-order valence-corrected chi connectivity index (χ0v) is 16.1. The highest BCUT2D eigenvalue weighted by Gasteiger charge is 2.38. The minimum absolute atomic E-state index is 0.226. The summed E-state index contributed by atoms with van der Waals surface area (Å²) in [5.41, 5.74) is 7.00. The molecule has 0 aliphatic rings. The Balaban J connectivity index is 0.000000553. The van der Waals surface area contributed by atoms with Crippen LogP contribution in [0.3, 0.4) is 0 Å². The minimum atomic E-state index is -5.08. The number of aliphatic carboxylic acids is 1. The van der Waals surface area contributed by atoms with Gasteiger partial charge in [-0.3, -0.25) is 9.69 Å². The monoisotopic (exact) mass is 430 g/mol. The molecule has 1 aromatic heterocycles. The van der Waals surface area contributed by atoms with E-state index in [9.17, 15) is 22.8 Å². The summed E-state index contributed by atoms with van der Waals surface area (Å²) < 4.78 is 36.6. The molecule has 2 rings (SSSR count). The number of carbonyl (C=O) groups is 3. The Morgan fingerprint density at radius 3 is 2.23 bits per heavy atom. The molecule has 0 fully saturated rings. The summed E-state index contributed by atoms with van der Waals surface area (Å²) in [5.74, 6) is -3.64. The number of anilines is 1. The number of carbonyl (C=O) groups excluding carboxylic acids is 2. The third kappa shape index (κ3) is 7.20. The number of para-hydroxylation sites is 1. The van der Waals surface area contributed by atoms with Crippen LogP contribution in [0.2, 0.25) is 0 Å². The van der Waals surface area contributed by atoms with Crippen LogP contribution in [0.15, 0.2) is 42.9 Å². The van der Waals surface area contributed by atoms with Gasteiger partial charge in [0.15, 0.2) is 0 Å². The molecule has 164 valence electrons. The lowest BCUT2D eigenvalue weighted by molar-refractivity contribution is -0.192. The van der Waals surface area contributed by atoms with Gasteiger partial charge in [0.05, 0.1) is 25.2 Å². The molecule has 0 bridgehead atoms. The summed E-state index contributed by atoms with van der Waals surface area (Å²) in [6.07, 6.45) is -1.66. The van der Waals surface area contributed by atoms with E-state index in [4.69, 9.17) is 20.4 Å². The number of benzene rings is 1. The van der Waals surface area contributed by atoms with Crippen LogP contribution in [-0.4, -0.2) is 58.3 Å². The molecule has 2 aromatic rings. The first-order valence-electron chi connectivity index (χ1n) is 8.48. The number of ether oxygens (including phenoxy) is 1. The number of alkyl halides is 3. The van der Waals surface area contributed by atoms with Crippen LogP contribution in [0.5, 0.6) is 0 Å². The first kappa shape index (κ1) is 24.6. The molecular formula is C18H21F3N4O5. The number of imidazole rings is 1. The van der Waals surface area contributed by atoms with Crippen molar-refractivity contribution in [2.45, 2.75) is 31.6 Å². The van der Waals surface area contributed by atoms with Crippen molar-refractivity contribution in [1.29, 1.82) is 0 Å². The molecule has 0 saturated carbocycles. The Bertz CT molecular complexity index is 826. The molecule has 4 N–H and O–H groups in total. The number of methoxy groups -OCH3 is 1. The molecule has 0 unspecified atom stereocenters. The number of aromatic nitrogens is 2. The fourth-order valence-electron chi connectivity index (χ4n) is 2.29. The lowest BCUT2D eigenvalue weighted by Gasteiger charge is -2.31. The van der Waals surface area contributed by atoms with Crippen molar-refractivity contribution in [3.8, 4) is 0 Å². The number of nitrogens with two attached hydrogens (primary N) is 1. The number of hydrogen-bond donors (Lipinski definition) is 3. The fraction of sp³-hybridized carbons (Fsp3) is 0.333. The van der Waals surface area contributed by atoms with E-state index in [1.807, 2.05) is 6.07 Å². The summed E-state index contributed by atoms with van der Waals surface area (Å²) in [6.45, 7) is 1.58. The Morgan fingerprint density at radius 1 is 1.27 bits per heavy atom. The van der Waals surface area contributed by atoms with Crippen LogP contribution in [-0.2, 0) is 25.5 Å². The first-order valence-corrected chi connectivity index (χ1v) is 8.48. The molecule has 0 saturated heterocycles. The van der Waals surface area contributed by atoms with Gasteiger partial charge in [-0.1, -0.05) is 18.2 Å². The van der Waals surface area contributed by atoms with E-state index in [2.05, 4.69) is 9.97 Å². The molecule has 0 radical (unpaired) electrons. The first-order chi connectivity index (χ1) is 14.0. The van der Waals surface area contributed by atoms with Crippen LogP contribution in [0.25, 0.3) is 0 Å². The fourth-order valence-corrected chi connectivity index (χ4v) is 2.29. The van der Waals surface area contributed by atoms with Gasteiger partial charge in [-0.15, -0.1) is 0 Å². The second-order valence-electron chi connectivity index (χ2n) is 5.94. The highest BCUT2D eigenvalue weighted by atomic mass is 19.4. The van der Waals surface area contributed by atoms with Gasteiger partial charge in [-0.2, -0.15) is 13.2 Å². The second kappa shape index (κ2) is 11.0. The van der Waals surface area contributed by atoms with Gasteiger partial charge in [0.1, 0.15) is 6.04 Å². The Morgan fingerprint density at radius 2 is 1.83 bits per heavy atom. The van der Waals surface area contributed by atoms with Gasteiger partial charge in [-0.05, 0) is 19.1 Å². The number of rotatable bonds is 6. The highest BCUT2D eigenvalue weighted by molar-refractivity contribution is 6.02. The van der Waals surface area contributed by atoms with E-state index in [1.54, 1.807) is 37.4 Å². The molecule has 2 atom stereocenters. The van der Waals surface area contributed by atoms with Crippen molar-refractivity contribution in [2.24, 2.45) is 5.73 Å². The Labute approximate surface area is 169 Å². The van der Waals surface area contributed by atoms with Crippen LogP contribution in [0.1, 0.15) is 12.6 Å². The molecule has 0 aliphatic heterocycles. The number of H-pyrrole nitrogens is 1. The number of carboxylic acids is 1. The van der Waals surface area contributed by atoms with Crippen molar-refractivity contribution in [3.63, 3.8) is 0 Å². The van der Waals surface area contributed by atoms with E-state index >= 15 is 0 Å². The second-order valence-corrected chi connectivity index (χ2v) is 5.94. The smallest absolute Gasteiger partial charge is 0.475 e. The largest absolute Gasteiger partial charge is 0.490 e. The molecule has 1 amide bonds. The average molecular weight is 430 g/mol. The maximum absolute atomic E-state index is 12.6. The highest BCUT2D eigenvalue weighted by Crippen LogP contribution is 2.21. The van der Waals surface area contributed by atoms with Crippen molar-refractivity contribution in [1.82, 2.24) is 9.97 Å². The molecule has 12 heteroatoms. The summed E-state index contributed by atoms with van der Waals surface area (Å²) in [4.78, 5) is 42.1. The average Bonchev–Trinajstić information content (AvgIpc) is 3.20. The van der Waals surface area contributed by atoms with Gasteiger partial charge < -0.3 is 20.6 Å². The minimum Gasteiger partial charge on any atom is -0.475 e. The SMILES string of the molecule is COC(=O)[C@H](Cc1c[nH]cn1)N(C(=O)[C@H](C)N)c1ccccc1.O=C(O)C(F)(F)F. The van der Waals surface area contributed by atoms with Crippen molar-refractivity contribution in [3.05, 3.63) is 48.5 Å². The molecular weight excluding hydrogens is 409 g/mol. The number of nitrogens with zero attached hydrogens (tertiary/aromatic N) is 2.